The van der Waals surface area contributed by atoms with Gasteiger partial charge in [0.1, 0.15) is 0 Å². The topological polar surface area (TPSA) is 77.6 Å². The van der Waals surface area contributed by atoms with Gasteiger partial charge in [0.2, 0.25) is 5.91 Å². The van der Waals surface area contributed by atoms with E-state index in [1.165, 1.54) is 5.56 Å². The number of likely N-dealkylation sites (tertiary alicyclic amines) is 1. The van der Waals surface area contributed by atoms with E-state index in [9.17, 15) is 9.59 Å². The van der Waals surface area contributed by atoms with Crippen molar-refractivity contribution in [3.05, 3.63) is 108 Å². The number of pyridine rings is 1. The SMILES string of the molecule is CCN(Cc1ccccc1)C(=O)C1(Cc2ccccc2)CCN(CCNC(=O)Nc2cc(C)nc3ccccc23)CC1. The Morgan fingerprint density at radius 3 is 2.24 bits per heavy atom. The van der Waals surface area contributed by atoms with Gasteiger partial charge in [-0.05, 0) is 69.5 Å². The molecule has 5 rings (SSSR count). The Morgan fingerprint density at radius 2 is 1.55 bits per heavy atom. The minimum absolute atomic E-state index is 0.226. The molecule has 1 aliphatic rings. The van der Waals surface area contributed by atoms with E-state index in [1.54, 1.807) is 0 Å². The summed E-state index contributed by atoms with van der Waals surface area (Å²) in [5.41, 5.74) is 4.39. The fourth-order valence-electron chi connectivity index (χ4n) is 6.03. The number of hydrogen-bond acceptors (Lipinski definition) is 4. The molecular weight excluding hydrogens is 522 g/mol. The molecule has 0 spiro atoms. The second kappa shape index (κ2) is 13.6. The van der Waals surface area contributed by atoms with E-state index in [4.69, 9.17) is 0 Å². The number of aryl methyl sites for hydroxylation is 1. The van der Waals surface area contributed by atoms with Gasteiger partial charge in [-0.3, -0.25) is 9.78 Å². The van der Waals surface area contributed by atoms with Crippen molar-refractivity contribution in [2.24, 2.45) is 5.41 Å². The summed E-state index contributed by atoms with van der Waals surface area (Å²) in [4.78, 5) is 35.9. The summed E-state index contributed by atoms with van der Waals surface area (Å²) >= 11 is 0. The second-order valence-corrected chi connectivity index (χ2v) is 11.3. The number of nitrogens with zero attached hydrogens (tertiary/aromatic N) is 3. The Morgan fingerprint density at radius 1 is 0.905 bits per heavy atom. The Bertz CT molecular complexity index is 1480. The molecule has 0 atom stereocenters. The van der Waals surface area contributed by atoms with Crippen LogP contribution < -0.4 is 10.6 Å². The Hall–Kier alpha value is -4.23. The van der Waals surface area contributed by atoms with Gasteiger partial charge in [0.15, 0.2) is 0 Å². The van der Waals surface area contributed by atoms with Crippen molar-refractivity contribution in [3.8, 4) is 0 Å². The Kier molecular flexibility index (Phi) is 9.49. The molecule has 0 bridgehead atoms. The normalized spacial score (nSPS) is 14.8. The maximum absolute atomic E-state index is 14.2. The van der Waals surface area contributed by atoms with Crippen LogP contribution in [0.4, 0.5) is 10.5 Å². The number of piperidine rings is 1. The lowest BCUT2D eigenvalue weighted by Gasteiger charge is -2.43. The van der Waals surface area contributed by atoms with Gasteiger partial charge in [-0.15, -0.1) is 0 Å². The number of urea groups is 1. The van der Waals surface area contributed by atoms with E-state index in [-0.39, 0.29) is 11.9 Å². The average Bonchev–Trinajstić information content (AvgIpc) is 3.01. The van der Waals surface area contributed by atoms with Crippen molar-refractivity contribution in [2.75, 3.05) is 38.0 Å². The van der Waals surface area contributed by atoms with Gasteiger partial charge >= 0.3 is 6.03 Å². The Labute approximate surface area is 248 Å². The quantitative estimate of drug-likeness (QED) is 0.247. The van der Waals surface area contributed by atoms with Crippen LogP contribution >= 0.6 is 0 Å². The first-order valence-electron chi connectivity index (χ1n) is 15.0. The maximum atomic E-state index is 14.2. The maximum Gasteiger partial charge on any atom is 0.319 e. The van der Waals surface area contributed by atoms with Gasteiger partial charge < -0.3 is 20.4 Å². The van der Waals surface area contributed by atoms with E-state index in [0.717, 1.165) is 66.7 Å². The molecule has 0 aliphatic carbocycles. The number of hydrogen-bond donors (Lipinski definition) is 2. The van der Waals surface area contributed by atoms with E-state index in [2.05, 4.69) is 63.8 Å². The van der Waals surface area contributed by atoms with Crippen LogP contribution in [0.25, 0.3) is 10.9 Å². The van der Waals surface area contributed by atoms with Crippen LogP contribution in [0.1, 0.15) is 36.6 Å². The van der Waals surface area contributed by atoms with Gasteiger partial charge in [-0.1, -0.05) is 78.9 Å². The molecule has 1 aliphatic heterocycles. The molecule has 42 heavy (non-hydrogen) atoms. The summed E-state index contributed by atoms with van der Waals surface area (Å²) in [5, 5.41) is 6.93. The fraction of sp³-hybridized carbons (Fsp3) is 0.343. The smallest absolute Gasteiger partial charge is 0.319 e. The molecule has 7 nitrogen and oxygen atoms in total. The molecule has 0 radical (unpaired) electrons. The molecule has 0 unspecified atom stereocenters. The lowest BCUT2D eigenvalue weighted by molar-refractivity contribution is -0.145. The van der Waals surface area contributed by atoms with Crippen LogP contribution in [0.2, 0.25) is 0 Å². The van der Waals surface area contributed by atoms with E-state index in [1.807, 2.05) is 66.4 Å². The number of nitrogens with one attached hydrogen (secondary N) is 2. The van der Waals surface area contributed by atoms with Crippen molar-refractivity contribution in [3.63, 3.8) is 0 Å². The third kappa shape index (κ3) is 7.15. The van der Waals surface area contributed by atoms with E-state index in [0.29, 0.717) is 19.6 Å². The van der Waals surface area contributed by atoms with Crippen LogP contribution in [-0.4, -0.2) is 59.4 Å². The van der Waals surface area contributed by atoms with Gasteiger partial charge in [0.25, 0.3) is 0 Å². The Balaban J connectivity index is 1.19. The molecule has 1 saturated heterocycles. The number of aromatic nitrogens is 1. The van der Waals surface area contributed by atoms with Crippen LogP contribution in [0.3, 0.4) is 0 Å². The number of benzene rings is 3. The summed E-state index contributed by atoms with van der Waals surface area (Å²) in [5.74, 6) is 0.245. The van der Waals surface area contributed by atoms with E-state index >= 15 is 0 Å². The highest BCUT2D eigenvalue weighted by Gasteiger charge is 2.43. The van der Waals surface area contributed by atoms with Crippen molar-refractivity contribution >= 4 is 28.5 Å². The lowest BCUT2D eigenvalue weighted by atomic mass is 9.72. The number of fused-ring (bicyclic) bond motifs is 1. The number of amides is 3. The van der Waals surface area contributed by atoms with Gasteiger partial charge in [0.05, 0.1) is 16.6 Å². The third-order valence-corrected chi connectivity index (χ3v) is 8.34. The van der Waals surface area contributed by atoms with Crippen molar-refractivity contribution in [2.45, 2.75) is 39.7 Å². The zero-order valence-corrected chi connectivity index (χ0v) is 24.7. The number of rotatable bonds is 10. The summed E-state index contributed by atoms with van der Waals surface area (Å²) in [7, 11) is 0. The van der Waals surface area contributed by atoms with Crippen molar-refractivity contribution in [1.29, 1.82) is 0 Å². The average molecular weight is 564 g/mol. The van der Waals surface area contributed by atoms with Crippen LogP contribution in [0, 0.1) is 12.3 Å². The molecule has 3 amide bonds. The zero-order valence-electron chi connectivity index (χ0n) is 24.7. The number of anilines is 1. The monoisotopic (exact) mass is 563 g/mol. The molecule has 218 valence electrons. The molecule has 7 heteroatoms. The first-order valence-corrected chi connectivity index (χ1v) is 15.0. The lowest BCUT2D eigenvalue weighted by Crippen LogP contribution is -2.52. The minimum Gasteiger partial charge on any atom is -0.338 e. The summed E-state index contributed by atoms with van der Waals surface area (Å²) < 4.78 is 0. The molecule has 1 aromatic heterocycles. The molecule has 2 heterocycles. The standard InChI is InChI=1S/C35H41N5O2/c1-3-40(26-29-14-8-5-9-15-29)33(41)35(25-28-12-6-4-7-13-28)18-21-39(22-19-35)23-20-36-34(42)38-32-24-27(2)37-31-17-11-10-16-30(31)32/h4-17,24H,3,18-23,25-26H2,1-2H3,(H2,36,37,38,42). The highest BCUT2D eigenvalue weighted by molar-refractivity contribution is 6.00. The van der Waals surface area contributed by atoms with Gasteiger partial charge in [0, 0.05) is 37.3 Å². The fourth-order valence-corrected chi connectivity index (χ4v) is 6.03. The first kappa shape index (κ1) is 29.3. The molecule has 4 aromatic rings. The second-order valence-electron chi connectivity index (χ2n) is 11.3. The molecule has 1 fully saturated rings. The largest absolute Gasteiger partial charge is 0.338 e. The van der Waals surface area contributed by atoms with Crippen LogP contribution in [0.15, 0.2) is 91.0 Å². The van der Waals surface area contributed by atoms with Crippen molar-refractivity contribution < 1.29 is 9.59 Å². The minimum atomic E-state index is -0.437. The molecule has 2 N–H and O–H groups in total. The number of carbonyl (C=O) groups is 2. The number of carbonyl (C=O) groups excluding carboxylic acids is 2. The van der Waals surface area contributed by atoms with Crippen LogP contribution in [0.5, 0.6) is 0 Å². The van der Waals surface area contributed by atoms with E-state index < -0.39 is 5.41 Å². The summed E-state index contributed by atoms with van der Waals surface area (Å²) in [6, 6.07) is 30.1. The first-order chi connectivity index (χ1) is 20.5. The predicted molar refractivity (Wildman–Crippen MR) is 169 cm³/mol. The van der Waals surface area contributed by atoms with Gasteiger partial charge in [-0.2, -0.15) is 0 Å². The van der Waals surface area contributed by atoms with Gasteiger partial charge in [-0.25, -0.2) is 4.79 Å². The molecule has 3 aromatic carbocycles. The predicted octanol–water partition coefficient (Wildman–Crippen LogP) is 6.04. The highest BCUT2D eigenvalue weighted by Crippen LogP contribution is 2.37. The third-order valence-electron chi connectivity index (χ3n) is 8.34. The number of para-hydroxylation sites is 1. The zero-order chi connectivity index (χ0) is 29.4. The molecular formula is C35H41N5O2. The van der Waals surface area contributed by atoms with Crippen LogP contribution in [-0.2, 0) is 17.8 Å². The molecule has 0 saturated carbocycles. The summed E-state index contributed by atoms with van der Waals surface area (Å²) in [6.45, 7) is 8.21. The highest BCUT2D eigenvalue weighted by atomic mass is 16.2. The van der Waals surface area contributed by atoms with Crippen molar-refractivity contribution in [1.82, 2.24) is 20.1 Å². The summed E-state index contributed by atoms with van der Waals surface area (Å²) in [6.07, 6.45) is 2.33.